The minimum absolute atomic E-state index is 0.00810. The summed E-state index contributed by atoms with van der Waals surface area (Å²) in [5.41, 5.74) is 7.30. The van der Waals surface area contributed by atoms with E-state index in [2.05, 4.69) is 15.2 Å². The van der Waals surface area contributed by atoms with E-state index in [9.17, 15) is 4.79 Å². The minimum Gasteiger partial charge on any atom is -0.320 e. The Morgan fingerprint density at radius 1 is 1.50 bits per heavy atom. The van der Waals surface area contributed by atoms with Crippen LogP contribution < -0.4 is 11.1 Å². The molecule has 0 bridgehead atoms. The van der Waals surface area contributed by atoms with Crippen LogP contribution >= 0.6 is 0 Å². The summed E-state index contributed by atoms with van der Waals surface area (Å²) >= 11 is 0. The quantitative estimate of drug-likeness (QED) is 0.402. The van der Waals surface area contributed by atoms with Crippen molar-refractivity contribution in [3.8, 4) is 0 Å². The highest BCUT2D eigenvalue weighted by Crippen LogP contribution is 2.05. The number of nitrogens with two attached hydrogens (primary N) is 1. The van der Waals surface area contributed by atoms with Gasteiger partial charge in [0.25, 0.3) is 0 Å². The fourth-order valence-corrected chi connectivity index (χ4v) is 1.70. The van der Waals surface area contributed by atoms with Gasteiger partial charge in [0.05, 0.1) is 0 Å². The Kier molecular flexibility index (Phi) is 6.49. The van der Waals surface area contributed by atoms with Crippen molar-refractivity contribution in [1.29, 1.82) is 0 Å². The van der Waals surface area contributed by atoms with Crippen molar-refractivity contribution < 1.29 is 4.79 Å². The number of hydrogen-bond donors (Lipinski definition) is 2. The summed E-state index contributed by atoms with van der Waals surface area (Å²) in [5, 5.41) is 3.11. The van der Waals surface area contributed by atoms with Crippen molar-refractivity contribution in [3.63, 3.8) is 0 Å². The van der Waals surface area contributed by atoms with Gasteiger partial charge in [-0.25, -0.2) is 0 Å². The zero-order valence-electron chi connectivity index (χ0n) is 11.1. The van der Waals surface area contributed by atoms with Crippen LogP contribution in [0.25, 0.3) is 0 Å². The average molecular weight is 250 g/mol. The Morgan fingerprint density at radius 2 is 2.28 bits per heavy atom. The van der Waals surface area contributed by atoms with Crippen LogP contribution in [-0.4, -0.2) is 42.5 Å². The third-order valence-corrected chi connectivity index (χ3v) is 2.75. The van der Waals surface area contributed by atoms with Gasteiger partial charge in [-0.2, -0.15) is 0 Å². The zero-order chi connectivity index (χ0) is 13.4. The molecule has 0 aliphatic carbocycles. The van der Waals surface area contributed by atoms with Gasteiger partial charge in [-0.15, -0.1) is 0 Å². The summed E-state index contributed by atoms with van der Waals surface area (Å²) in [4.78, 5) is 17.4. The molecule has 0 atom stereocenters. The van der Waals surface area contributed by atoms with Gasteiger partial charge in [0.15, 0.2) is 5.78 Å². The lowest BCUT2D eigenvalue weighted by atomic mass is 10.2. The summed E-state index contributed by atoms with van der Waals surface area (Å²) in [6.07, 6.45) is 2.81. The monoisotopic (exact) mass is 250 g/mol. The Balaban J connectivity index is 2.50. The molecule has 0 aliphatic heterocycles. The van der Waals surface area contributed by atoms with E-state index in [0.717, 1.165) is 31.6 Å². The molecule has 0 fully saturated rings. The maximum Gasteiger partial charge on any atom is 0.178 e. The number of pyridine rings is 1. The molecule has 100 valence electrons. The lowest BCUT2D eigenvalue weighted by molar-refractivity contribution is 0.101. The van der Waals surface area contributed by atoms with Crippen LogP contribution in [0.15, 0.2) is 18.3 Å². The molecule has 1 rings (SSSR count). The summed E-state index contributed by atoms with van der Waals surface area (Å²) in [6, 6.07) is 3.70. The van der Waals surface area contributed by atoms with Gasteiger partial charge in [0.1, 0.15) is 5.69 Å². The van der Waals surface area contributed by atoms with Gasteiger partial charge in [0, 0.05) is 32.9 Å². The van der Waals surface area contributed by atoms with Gasteiger partial charge in [-0.05, 0) is 31.6 Å². The molecule has 18 heavy (non-hydrogen) atoms. The topological polar surface area (TPSA) is 71.2 Å². The Hall–Kier alpha value is -1.30. The molecule has 1 aromatic heterocycles. The summed E-state index contributed by atoms with van der Waals surface area (Å²) in [5.74, 6) is -0.00810. The Bertz CT molecular complexity index is 364. The van der Waals surface area contributed by atoms with E-state index >= 15 is 0 Å². The number of Topliss-reactive ketones (excluding diaryl/α,β-unsaturated/α-hetero) is 1. The van der Waals surface area contributed by atoms with Crippen LogP contribution in [0.5, 0.6) is 0 Å². The van der Waals surface area contributed by atoms with Gasteiger partial charge in [-0.1, -0.05) is 6.07 Å². The molecule has 5 heteroatoms. The van der Waals surface area contributed by atoms with E-state index in [1.165, 1.54) is 6.92 Å². The van der Waals surface area contributed by atoms with Gasteiger partial charge < -0.3 is 11.1 Å². The number of carbonyl (C=O) groups excluding carboxylic acids is 1. The fourth-order valence-electron chi connectivity index (χ4n) is 1.70. The van der Waals surface area contributed by atoms with E-state index in [0.29, 0.717) is 12.4 Å². The summed E-state index contributed by atoms with van der Waals surface area (Å²) in [7, 11) is 1.94. The molecule has 0 saturated heterocycles. The van der Waals surface area contributed by atoms with Crippen molar-refractivity contribution in [1.82, 2.24) is 15.2 Å². The standard InChI is InChI=1S/C13H22N4O/c1-11(18)13-5-4-12(8-16-13)9-17(10-14)7-3-6-15-2/h4-5,8,15H,3,6-7,9-10,14H2,1-2H3. The third kappa shape index (κ3) is 4.91. The zero-order valence-corrected chi connectivity index (χ0v) is 11.1. The maximum atomic E-state index is 11.1. The highest BCUT2D eigenvalue weighted by atomic mass is 16.1. The first-order valence-electron chi connectivity index (χ1n) is 6.20. The van der Waals surface area contributed by atoms with Gasteiger partial charge in [0.2, 0.25) is 0 Å². The van der Waals surface area contributed by atoms with Crippen molar-refractivity contribution in [2.75, 3.05) is 26.8 Å². The Morgan fingerprint density at radius 3 is 2.78 bits per heavy atom. The number of ketones is 1. The molecule has 1 heterocycles. The predicted octanol–water partition coefficient (Wildman–Crippen LogP) is 0.612. The second-order valence-corrected chi connectivity index (χ2v) is 4.30. The highest BCUT2D eigenvalue weighted by Gasteiger charge is 2.05. The summed E-state index contributed by atoms with van der Waals surface area (Å²) < 4.78 is 0. The number of nitrogens with zero attached hydrogens (tertiary/aromatic N) is 2. The molecule has 1 aromatic rings. The van der Waals surface area contributed by atoms with Crippen LogP contribution in [0.1, 0.15) is 29.4 Å². The van der Waals surface area contributed by atoms with Crippen LogP contribution in [0.3, 0.4) is 0 Å². The number of carbonyl (C=O) groups is 1. The average Bonchev–Trinajstić information content (AvgIpc) is 2.38. The van der Waals surface area contributed by atoms with Crippen LogP contribution in [0.4, 0.5) is 0 Å². The van der Waals surface area contributed by atoms with Crippen molar-refractivity contribution >= 4 is 5.78 Å². The predicted molar refractivity (Wildman–Crippen MR) is 72.2 cm³/mol. The lowest BCUT2D eigenvalue weighted by Crippen LogP contribution is -2.31. The van der Waals surface area contributed by atoms with E-state index < -0.39 is 0 Å². The van der Waals surface area contributed by atoms with Crippen molar-refractivity contribution in [3.05, 3.63) is 29.6 Å². The van der Waals surface area contributed by atoms with Crippen LogP contribution in [-0.2, 0) is 6.54 Å². The lowest BCUT2D eigenvalue weighted by Gasteiger charge is -2.19. The first kappa shape index (κ1) is 14.8. The number of aromatic nitrogens is 1. The van der Waals surface area contributed by atoms with E-state index in [4.69, 9.17) is 5.73 Å². The second kappa shape index (κ2) is 7.92. The smallest absolute Gasteiger partial charge is 0.178 e. The minimum atomic E-state index is -0.00810. The maximum absolute atomic E-state index is 11.1. The van der Waals surface area contributed by atoms with E-state index in [-0.39, 0.29) is 5.78 Å². The molecule has 0 saturated carbocycles. The molecule has 0 amide bonds. The van der Waals surface area contributed by atoms with E-state index in [1.54, 1.807) is 12.3 Å². The Labute approximate surface area is 108 Å². The molecule has 0 radical (unpaired) electrons. The van der Waals surface area contributed by atoms with Crippen LogP contribution in [0, 0.1) is 0 Å². The largest absolute Gasteiger partial charge is 0.320 e. The molecule has 3 N–H and O–H groups in total. The third-order valence-electron chi connectivity index (χ3n) is 2.75. The molecule has 5 nitrogen and oxygen atoms in total. The molecule has 0 unspecified atom stereocenters. The number of rotatable bonds is 8. The molecule has 0 spiro atoms. The first-order chi connectivity index (χ1) is 8.67. The number of hydrogen-bond acceptors (Lipinski definition) is 5. The molecular weight excluding hydrogens is 228 g/mol. The molecule has 0 aliphatic rings. The normalized spacial score (nSPS) is 10.9. The molecule has 0 aromatic carbocycles. The van der Waals surface area contributed by atoms with E-state index in [1.807, 2.05) is 13.1 Å². The first-order valence-corrected chi connectivity index (χ1v) is 6.20. The SMILES string of the molecule is CNCCCN(CN)Cc1ccc(C(C)=O)nc1. The van der Waals surface area contributed by atoms with Gasteiger partial charge >= 0.3 is 0 Å². The number of nitrogens with one attached hydrogen (secondary N) is 1. The fraction of sp³-hybridized carbons (Fsp3) is 0.538. The second-order valence-electron chi connectivity index (χ2n) is 4.30. The molecular formula is C13H22N4O. The van der Waals surface area contributed by atoms with Crippen molar-refractivity contribution in [2.45, 2.75) is 19.9 Å². The van der Waals surface area contributed by atoms with Crippen molar-refractivity contribution in [2.24, 2.45) is 5.73 Å². The summed E-state index contributed by atoms with van der Waals surface area (Å²) in [6.45, 7) is 4.75. The van der Waals surface area contributed by atoms with Crippen LogP contribution in [0.2, 0.25) is 0 Å². The van der Waals surface area contributed by atoms with Gasteiger partial charge in [-0.3, -0.25) is 14.7 Å². The highest BCUT2D eigenvalue weighted by molar-refractivity contribution is 5.91.